The summed E-state index contributed by atoms with van der Waals surface area (Å²) < 4.78 is 7.26. The van der Waals surface area contributed by atoms with E-state index < -0.39 is 0 Å². The van der Waals surface area contributed by atoms with Gasteiger partial charge in [0.2, 0.25) is 0 Å². The first-order valence-corrected chi connectivity index (χ1v) is 6.43. The lowest BCUT2D eigenvalue weighted by molar-refractivity contribution is 0.314. The molecule has 0 saturated carbocycles. The molecule has 3 rings (SSSR count). The van der Waals surface area contributed by atoms with Crippen LogP contribution in [0, 0.1) is 0 Å². The molecule has 0 bridgehead atoms. The SMILES string of the molecule is CCOc1nc(N)c2ncn(Cc3ccccc3)c2n1. The van der Waals surface area contributed by atoms with E-state index in [1.807, 2.05) is 29.7 Å². The third-order valence-electron chi connectivity index (χ3n) is 2.94. The summed E-state index contributed by atoms with van der Waals surface area (Å²) in [5.74, 6) is 0.338. The average Bonchev–Trinajstić information content (AvgIpc) is 2.84. The molecular formula is C14H15N5O. The zero-order valence-electron chi connectivity index (χ0n) is 11.2. The lowest BCUT2D eigenvalue weighted by atomic mass is 10.2. The molecule has 0 aliphatic rings. The van der Waals surface area contributed by atoms with Crippen molar-refractivity contribution in [2.24, 2.45) is 0 Å². The molecule has 2 aromatic heterocycles. The van der Waals surface area contributed by atoms with Crippen molar-refractivity contribution in [3.05, 3.63) is 42.2 Å². The molecule has 2 N–H and O–H groups in total. The number of hydrogen-bond acceptors (Lipinski definition) is 5. The number of benzene rings is 1. The molecule has 0 radical (unpaired) electrons. The summed E-state index contributed by atoms with van der Waals surface area (Å²) in [5.41, 5.74) is 8.34. The van der Waals surface area contributed by atoms with E-state index in [4.69, 9.17) is 10.5 Å². The summed E-state index contributed by atoms with van der Waals surface area (Å²) in [4.78, 5) is 12.7. The number of rotatable bonds is 4. The second-order valence-electron chi connectivity index (χ2n) is 4.35. The molecule has 0 spiro atoms. The number of anilines is 1. The first-order chi connectivity index (χ1) is 9.78. The van der Waals surface area contributed by atoms with Gasteiger partial charge < -0.3 is 15.0 Å². The zero-order valence-corrected chi connectivity index (χ0v) is 11.2. The second-order valence-corrected chi connectivity index (χ2v) is 4.35. The van der Waals surface area contributed by atoms with Gasteiger partial charge in [-0.25, -0.2) is 4.98 Å². The quantitative estimate of drug-likeness (QED) is 0.782. The van der Waals surface area contributed by atoms with Crippen LogP contribution in [0.5, 0.6) is 6.01 Å². The molecule has 3 aromatic rings. The lowest BCUT2D eigenvalue weighted by Crippen LogP contribution is -2.04. The Hall–Kier alpha value is -2.63. The van der Waals surface area contributed by atoms with E-state index in [-0.39, 0.29) is 6.01 Å². The van der Waals surface area contributed by atoms with Gasteiger partial charge in [0.15, 0.2) is 17.0 Å². The van der Waals surface area contributed by atoms with Crippen LogP contribution in [-0.4, -0.2) is 26.1 Å². The van der Waals surface area contributed by atoms with E-state index in [1.54, 1.807) is 6.33 Å². The van der Waals surface area contributed by atoms with Crippen molar-refractivity contribution in [2.75, 3.05) is 12.3 Å². The van der Waals surface area contributed by atoms with E-state index in [1.165, 1.54) is 5.56 Å². The van der Waals surface area contributed by atoms with E-state index >= 15 is 0 Å². The highest BCUT2D eigenvalue weighted by atomic mass is 16.5. The van der Waals surface area contributed by atoms with Crippen molar-refractivity contribution in [3.63, 3.8) is 0 Å². The molecule has 6 nitrogen and oxygen atoms in total. The number of aromatic nitrogens is 4. The third kappa shape index (κ3) is 2.27. The number of nitrogen functional groups attached to an aromatic ring is 1. The topological polar surface area (TPSA) is 78.9 Å². The fourth-order valence-electron chi connectivity index (χ4n) is 2.03. The minimum absolute atomic E-state index is 0.285. The van der Waals surface area contributed by atoms with Crippen LogP contribution in [0.2, 0.25) is 0 Å². The first-order valence-electron chi connectivity index (χ1n) is 6.43. The van der Waals surface area contributed by atoms with Crippen molar-refractivity contribution < 1.29 is 4.74 Å². The number of fused-ring (bicyclic) bond motifs is 1. The molecule has 0 amide bonds. The molecule has 2 heterocycles. The van der Waals surface area contributed by atoms with Gasteiger partial charge in [0.05, 0.1) is 19.5 Å². The number of ether oxygens (including phenoxy) is 1. The van der Waals surface area contributed by atoms with Gasteiger partial charge in [-0.1, -0.05) is 30.3 Å². The maximum Gasteiger partial charge on any atom is 0.320 e. The highest BCUT2D eigenvalue weighted by Crippen LogP contribution is 2.20. The van der Waals surface area contributed by atoms with Crippen LogP contribution in [0.1, 0.15) is 12.5 Å². The average molecular weight is 269 g/mol. The maximum atomic E-state index is 5.89. The molecule has 0 aliphatic carbocycles. The molecule has 102 valence electrons. The minimum Gasteiger partial charge on any atom is -0.464 e. The maximum absolute atomic E-state index is 5.89. The Bertz CT molecular complexity index is 723. The Kier molecular flexibility index (Phi) is 3.20. The van der Waals surface area contributed by atoms with Crippen LogP contribution in [0.3, 0.4) is 0 Å². The van der Waals surface area contributed by atoms with Gasteiger partial charge in [0, 0.05) is 0 Å². The van der Waals surface area contributed by atoms with Crippen molar-refractivity contribution >= 4 is 17.0 Å². The highest BCUT2D eigenvalue weighted by Gasteiger charge is 2.12. The van der Waals surface area contributed by atoms with Gasteiger partial charge in [0.25, 0.3) is 0 Å². The van der Waals surface area contributed by atoms with Crippen LogP contribution in [0.4, 0.5) is 5.82 Å². The summed E-state index contributed by atoms with van der Waals surface area (Å²) in [5, 5.41) is 0. The third-order valence-corrected chi connectivity index (χ3v) is 2.94. The Balaban J connectivity index is 2.03. The molecule has 0 saturated heterocycles. The number of nitrogens with zero attached hydrogens (tertiary/aromatic N) is 4. The number of nitrogens with two attached hydrogens (primary N) is 1. The van der Waals surface area contributed by atoms with Crippen LogP contribution < -0.4 is 10.5 Å². The van der Waals surface area contributed by atoms with Crippen molar-refractivity contribution in [1.29, 1.82) is 0 Å². The van der Waals surface area contributed by atoms with E-state index in [9.17, 15) is 0 Å². The van der Waals surface area contributed by atoms with Crippen LogP contribution >= 0.6 is 0 Å². The van der Waals surface area contributed by atoms with Crippen molar-refractivity contribution in [1.82, 2.24) is 19.5 Å². The molecule has 0 atom stereocenters. The van der Waals surface area contributed by atoms with E-state index in [0.717, 1.165) is 0 Å². The van der Waals surface area contributed by atoms with Crippen LogP contribution in [-0.2, 0) is 6.54 Å². The number of hydrogen-bond donors (Lipinski definition) is 1. The standard InChI is InChI=1S/C14H15N5O/c1-2-20-14-17-12(15)11-13(18-14)19(9-16-11)8-10-6-4-3-5-7-10/h3-7,9H,2,8H2,1H3,(H2,15,17,18). The largest absolute Gasteiger partial charge is 0.464 e. The molecular weight excluding hydrogens is 254 g/mol. The van der Waals surface area contributed by atoms with Crippen molar-refractivity contribution in [2.45, 2.75) is 13.5 Å². The minimum atomic E-state index is 0.285. The summed E-state index contributed by atoms with van der Waals surface area (Å²) in [6.07, 6.45) is 1.72. The summed E-state index contributed by atoms with van der Waals surface area (Å²) in [7, 11) is 0. The Morgan fingerprint density at radius 3 is 2.75 bits per heavy atom. The van der Waals surface area contributed by atoms with E-state index in [0.29, 0.717) is 30.1 Å². The fourth-order valence-corrected chi connectivity index (χ4v) is 2.03. The molecule has 0 unspecified atom stereocenters. The van der Waals surface area contributed by atoms with Gasteiger partial charge in [-0.15, -0.1) is 0 Å². The molecule has 1 aromatic carbocycles. The fraction of sp³-hybridized carbons (Fsp3) is 0.214. The van der Waals surface area contributed by atoms with Gasteiger partial charge in [-0.3, -0.25) is 0 Å². The Labute approximate surface area is 116 Å². The molecule has 0 fully saturated rings. The summed E-state index contributed by atoms with van der Waals surface area (Å²) in [6.45, 7) is 3.06. The van der Waals surface area contributed by atoms with Gasteiger partial charge >= 0.3 is 6.01 Å². The van der Waals surface area contributed by atoms with Gasteiger partial charge in [0.1, 0.15) is 0 Å². The lowest BCUT2D eigenvalue weighted by Gasteiger charge is -2.06. The van der Waals surface area contributed by atoms with Gasteiger partial charge in [-0.05, 0) is 12.5 Å². The summed E-state index contributed by atoms with van der Waals surface area (Å²) in [6, 6.07) is 10.4. The number of imidazole rings is 1. The Morgan fingerprint density at radius 2 is 2.00 bits per heavy atom. The normalized spacial score (nSPS) is 10.8. The second kappa shape index (κ2) is 5.16. The predicted octanol–water partition coefficient (Wildman–Crippen LogP) is 1.86. The predicted molar refractivity (Wildman–Crippen MR) is 76.4 cm³/mol. The van der Waals surface area contributed by atoms with Crippen LogP contribution in [0.25, 0.3) is 11.2 Å². The molecule has 20 heavy (non-hydrogen) atoms. The summed E-state index contributed by atoms with van der Waals surface area (Å²) >= 11 is 0. The first kappa shape index (κ1) is 12.4. The van der Waals surface area contributed by atoms with Crippen molar-refractivity contribution in [3.8, 4) is 6.01 Å². The monoisotopic (exact) mass is 269 g/mol. The van der Waals surface area contributed by atoms with E-state index in [2.05, 4.69) is 27.1 Å². The molecule has 0 aliphatic heterocycles. The van der Waals surface area contributed by atoms with Gasteiger partial charge in [-0.2, -0.15) is 9.97 Å². The smallest absolute Gasteiger partial charge is 0.320 e. The molecule has 6 heteroatoms. The highest BCUT2D eigenvalue weighted by molar-refractivity contribution is 5.81. The Morgan fingerprint density at radius 1 is 1.20 bits per heavy atom. The zero-order chi connectivity index (χ0) is 13.9. The van der Waals surface area contributed by atoms with Crippen LogP contribution in [0.15, 0.2) is 36.7 Å².